The SMILES string of the molecule is CC\C=C/C=C\C=C/C=C\C=C/CCCC(=O)OCC(COC(=O)CCC/C=C\C/C=C\C/C=C\C/C=C\CCCCC)OC(=O)CCCCCCCCC/C=C\C/C=C\CCCCC. The minimum atomic E-state index is -0.838. The van der Waals surface area contributed by atoms with Crippen molar-refractivity contribution in [1.29, 1.82) is 0 Å². The third-order valence-corrected chi connectivity index (χ3v) is 10.2. The van der Waals surface area contributed by atoms with Crippen molar-refractivity contribution in [2.45, 2.75) is 207 Å². The highest BCUT2D eigenvalue weighted by Gasteiger charge is 2.19. The number of carbonyl (C=O) groups is 3. The summed E-state index contributed by atoms with van der Waals surface area (Å²) in [6.45, 7) is 6.30. The van der Waals surface area contributed by atoms with Crippen molar-refractivity contribution in [2.24, 2.45) is 0 Å². The maximum atomic E-state index is 12.8. The molecule has 0 amide bonds. The lowest BCUT2D eigenvalue weighted by molar-refractivity contribution is -0.167. The van der Waals surface area contributed by atoms with E-state index in [-0.39, 0.29) is 50.4 Å². The van der Waals surface area contributed by atoms with Crippen LogP contribution < -0.4 is 0 Å². The smallest absolute Gasteiger partial charge is 0.306 e. The summed E-state index contributed by atoms with van der Waals surface area (Å²) in [6, 6.07) is 0. The molecule has 6 nitrogen and oxygen atoms in total. The van der Waals surface area contributed by atoms with E-state index in [1.165, 1.54) is 70.6 Å². The van der Waals surface area contributed by atoms with Crippen LogP contribution in [0.25, 0.3) is 0 Å². The van der Waals surface area contributed by atoms with Gasteiger partial charge in [-0.05, 0) is 103 Å². The first-order valence-corrected chi connectivity index (χ1v) is 25.8. The Morgan fingerprint density at radius 3 is 1.12 bits per heavy atom. The molecule has 1 unspecified atom stereocenters. The van der Waals surface area contributed by atoms with Gasteiger partial charge in [0.1, 0.15) is 13.2 Å². The van der Waals surface area contributed by atoms with Gasteiger partial charge < -0.3 is 14.2 Å². The Morgan fingerprint density at radius 2 is 0.677 bits per heavy atom. The zero-order valence-corrected chi connectivity index (χ0v) is 41.4. The fraction of sp³-hybridized carbons (Fsp3) is 0.576. The van der Waals surface area contributed by atoms with Gasteiger partial charge in [-0.25, -0.2) is 0 Å². The molecule has 0 N–H and O–H groups in total. The van der Waals surface area contributed by atoms with E-state index >= 15 is 0 Å². The maximum absolute atomic E-state index is 12.8. The fourth-order valence-corrected chi connectivity index (χ4v) is 6.38. The molecular formula is C59H92O6. The highest BCUT2D eigenvalue weighted by atomic mass is 16.6. The van der Waals surface area contributed by atoms with Gasteiger partial charge in [-0.15, -0.1) is 0 Å². The number of esters is 3. The minimum Gasteiger partial charge on any atom is -0.462 e. The fourth-order valence-electron chi connectivity index (χ4n) is 6.38. The molecule has 0 aromatic rings. The molecule has 0 aromatic heterocycles. The third-order valence-electron chi connectivity index (χ3n) is 10.2. The summed E-state index contributed by atoms with van der Waals surface area (Å²) in [6.07, 6.45) is 73.0. The van der Waals surface area contributed by atoms with Gasteiger partial charge in [0.15, 0.2) is 6.10 Å². The molecule has 0 fully saturated rings. The lowest BCUT2D eigenvalue weighted by atomic mass is 10.1. The molecule has 0 aliphatic rings. The average molecular weight is 897 g/mol. The molecule has 0 aliphatic carbocycles. The van der Waals surface area contributed by atoms with Crippen LogP contribution in [0.4, 0.5) is 0 Å². The monoisotopic (exact) mass is 897 g/mol. The van der Waals surface area contributed by atoms with Crippen molar-refractivity contribution in [2.75, 3.05) is 13.2 Å². The summed E-state index contributed by atoms with van der Waals surface area (Å²) < 4.78 is 16.7. The summed E-state index contributed by atoms with van der Waals surface area (Å²) >= 11 is 0. The van der Waals surface area contributed by atoms with E-state index in [2.05, 4.69) is 99.8 Å². The molecule has 364 valence electrons. The largest absolute Gasteiger partial charge is 0.462 e. The van der Waals surface area contributed by atoms with Crippen LogP contribution in [0, 0.1) is 0 Å². The zero-order chi connectivity index (χ0) is 47.2. The molecule has 65 heavy (non-hydrogen) atoms. The number of unbranched alkanes of at least 4 members (excludes halogenated alkanes) is 15. The summed E-state index contributed by atoms with van der Waals surface area (Å²) in [7, 11) is 0. The van der Waals surface area contributed by atoms with E-state index in [9.17, 15) is 14.4 Å². The van der Waals surface area contributed by atoms with Crippen LogP contribution in [0.15, 0.2) is 134 Å². The van der Waals surface area contributed by atoms with Crippen molar-refractivity contribution >= 4 is 17.9 Å². The maximum Gasteiger partial charge on any atom is 0.306 e. The lowest BCUT2D eigenvalue weighted by Crippen LogP contribution is -2.30. The Morgan fingerprint density at radius 1 is 0.338 bits per heavy atom. The van der Waals surface area contributed by atoms with Crippen LogP contribution in [0.3, 0.4) is 0 Å². The van der Waals surface area contributed by atoms with E-state index in [1.54, 1.807) is 0 Å². The molecule has 0 radical (unpaired) electrons. The molecule has 0 saturated carbocycles. The molecular weight excluding hydrogens is 805 g/mol. The van der Waals surface area contributed by atoms with Crippen molar-refractivity contribution in [1.82, 2.24) is 0 Å². The summed E-state index contributed by atoms with van der Waals surface area (Å²) in [5.41, 5.74) is 0. The van der Waals surface area contributed by atoms with Gasteiger partial charge in [0.25, 0.3) is 0 Å². The topological polar surface area (TPSA) is 78.9 Å². The van der Waals surface area contributed by atoms with Gasteiger partial charge in [0.2, 0.25) is 0 Å². The second-order valence-electron chi connectivity index (χ2n) is 16.5. The van der Waals surface area contributed by atoms with Gasteiger partial charge in [0, 0.05) is 19.3 Å². The molecule has 0 rings (SSSR count). The molecule has 0 bridgehead atoms. The summed E-state index contributed by atoms with van der Waals surface area (Å²) in [5.74, 6) is -1.08. The number of allylic oxidation sites excluding steroid dienone is 22. The molecule has 0 saturated heterocycles. The molecule has 6 heteroatoms. The van der Waals surface area contributed by atoms with Crippen LogP contribution >= 0.6 is 0 Å². The highest BCUT2D eigenvalue weighted by molar-refractivity contribution is 5.71. The minimum absolute atomic E-state index is 0.137. The predicted molar refractivity (Wildman–Crippen MR) is 279 cm³/mol. The van der Waals surface area contributed by atoms with Crippen LogP contribution in [0.1, 0.15) is 201 Å². The van der Waals surface area contributed by atoms with Gasteiger partial charge in [-0.1, -0.05) is 212 Å². The molecule has 0 aliphatic heterocycles. The van der Waals surface area contributed by atoms with Gasteiger partial charge in [0.05, 0.1) is 0 Å². The van der Waals surface area contributed by atoms with Crippen LogP contribution in [-0.2, 0) is 28.6 Å². The number of hydrogen-bond acceptors (Lipinski definition) is 6. The Kier molecular flexibility index (Phi) is 48.6. The molecule has 0 aromatic carbocycles. The average Bonchev–Trinajstić information content (AvgIpc) is 3.30. The summed E-state index contributed by atoms with van der Waals surface area (Å²) in [4.78, 5) is 37.9. The van der Waals surface area contributed by atoms with Crippen LogP contribution in [0.2, 0.25) is 0 Å². The Balaban J connectivity index is 4.60. The highest BCUT2D eigenvalue weighted by Crippen LogP contribution is 2.12. The van der Waals surface area contributed by atoms with Crippen LogP contribution in [-0.4, -0.2) is 37.2 Å². The van der Waals surface area contributed by atoms with Gasteiger partial charge >= 0.3 is 17.9 Å². The van der Waals surface area contributed by atoms with Crippen molar-refractivity contribution < 1.29 is 28.6 Å². The van der Waals surface area contributed by atoms with Crippen molar-refractivity contribution in [3.05, 3.63) is 134 Å². The third kappa shape index (κ3) is 50.4. The molecule has 1 atom stereocenters. The normalized spacial score (nSPS) is 13.2. The predicted octanol–water partition coefficient (Wildman–Crippen LogP) is 17.1. The first-order chi connectivity index (χ1) is 32.0. The Labute approximate surface area is 398 Å². The number of carbonyl (C=O) groups excluding carboxylic acids is 3. The van der Waals surface area contributed by atoms with Crippen molar-refractivity contribution in [3.8, 4) is 0 Å². The van der Waals surface area contributed by atoms with E-state index in [4.69, 9.17) is 14.2 Å². The van der Waals surface area contributed by atoms with E-state index in [0.29, 0.717) is 12.8 Å². The first-order valence-electron chi connectivity index (χ1n) is 25.8. The quantitative estimate of drug-likeness (QED) is 0.0199. The summed E-state index contributed by atoms with van der Waals surface area (Å²) in [5, 5.41) is 0. The number of hydrogen-bond donors (Lipinski definition) is 0. The van der Waals surface area contributed by atoms with Gasteiger partial charge in [-0.3, -0.25) is 14.4 Å². The van der Waals surface area contributed by atoms with Gasteiger partial charge in [-0.2, -0.15) is 0 Å². The first kappa shape index (κ1) is 60.5. The lowest BCUT2D eigenvalue weighted by Gasteiger charge is -2.18. The standard InChI is InChI=1S/C59H92O6/c1-4-7-10-13-16-19-22-25-27-29-31-34-37-40-43-46-49-52-58(61)64-55-56(54-63-57(60)51-48-45-42-39-36-33-24-21-18-15-12-9-6-3)65-59(62)53-50-47-44-41-38-35-32-30-28-26-23-20-17-14-11-8-5-2/h9,12,15-21,24-28,31,33-34,36,39-40,42-43,56H,4-8,10-11,13-14,22-23,29-30,32,35,37-38,41,44-55H2,1-3H3/b12-9-,18-15-,19-16-,20-17-,24-21-,27-25-,28-26-,34-31-,36-33-,42-39-,43-40-. The second kappa shape index (κ2) is 52.2. The number of ether oxygens (including phenoxy) is 3. The zero-order valence-electron chi connectivity index (χ0n) is 41.4. The Bertz CT molecular complexity index is 1450. The Hall–Kier alpha value is -4.45. The molecule has 0 spiro atoms. The van der Waals surface area contributed by atoms with E-state index in [1.807, 2.05) is 54.7 Å². The van der Waals surface area contributed by atoms with E-state index in [0.717, 1.165) is 77.0 Å². The molecule has 0 heterocycles. The van der Waals surface area contributed by atoms with E-state index < -0.39 is 6.10 Å². The van der Waals surface area contributed by atoms with Crippen LogP contribution in [0.5, 0.6) is 0 Å². The van der Waals surface area contributed by atoms with Crippen molar-refractivity contribution in [3.63, 3.8) is 0 Å². The second-order valence-corrected chi connectivity index (χ2v) is 16.5. The number of rotatable bonds is 44.